The van der Waals surface area contributed by atoms with Crippen LogP contribution in [0.15, 0.2) is 18.2 Å². The number of hydrogen-bond donors (Lipinski definition) is 3. The van der Waals surface area contributed by atoms with Gasteiger partial charge in [-0.25, -0.2) is 0 Å². The SMILES string of the molecule is O=C(NC1CCC(O)CC1)c1ccc2n[nH]nc2c1. The minimum absolute atomic E-state index is 0.0914. The zero-order valence-electron chi connectivity index (χ0n) is 10.5. The van der Waals surface area contributed by atoms with Crippen molar-refractivity contribution in [2.75, 3.05) is 0 Å². The van der Waals surface area contributed by atoms with Crippen LogP contribution in [0.1, 0.15) is 36.0 Å². The van der Waals surface area contributed by atoms with Gasteiger partial charge < -0.3 is 10.4 Å². The molecule has 1 saturated carbocycles. The molecule has 0 spiro atoms. The van der Waals surface area contributed by atoms with Crippen LogP contribution in [0.4, 0.5) is 0 Å². The van der Waals surface area contributed by atoms with E-state index in [1.54, 1.807) is 18.2 Å². The van der Waals surface area contributed by atoms with E-state index in [1.165, 1.54) is 0 Å². The summed E-state index contributed by atoms with van der Waals surface area (Å²) in [4.78, 5) is 12.1. The number of carbonyl (C=O) groups excluding carboxylic acids is 1. The minimum atomic E-state index is -0.209. The van der Waals surface area contributed by atoms with Crippen molar-refractivity contribution in [2.45, 2.75) is 37.8 Å². The standard InChI is InChI=1S/C13H16N4O2/c18-10-4-2-9(3-5-10)14-13(19)8-1-6-11-12(7-8)16-17-15-11/h1,6-7,9-10,18H,2-5H2,(H,14,19)(H,15,16,17). The average Bonchev–Trinajstić information content (AvgIpc) is 2.88. The molecule has 6 heteroatoms. The fraction of sp³-hybridized carbons (Fsp3) is 0.462. The Bertz CT molecular complexity index is 587. The number of aromatic amines is 1. The Kier molecular flexibility index (Phi) is 3.16. The summed E-state index contributed by atoms with van der Waals surface area (Å²) >= 11 is 0. The van der Waals surface area contributed by atoms with Crippen molar-refractivity contribution < 1.29 is 9.90 Å². The maximum atomic E-state index is 12.1. The number of nitrogens with zero attached hydrogens (tertiary/aromatic N) is 2. The van der Waals surface area contributed by atoms with E-state index in [0.717, 1.165) is 31.2 Å². The fourth-order valence-electron chi connectivity index (χ4n) is 2.47. The Morgan fingerprint density at radius 3 is 2.74 bits per heavy atom. The first kappa shape index (κ1) is 12.1. The van der Waals surface area contributed by atoms with Gasteiger partial charge in [-0.1, -0.05) is 0 Å². The summed E-state index contributed by atoms with van der Waals surface area (Å²) in [6.45, 7) is 0. The van der Waals surface area contributed by atoms with E-state index in [-0.39, 0.29) is 18.1 Å². The van der Waals surface area contributed by atoms with Crippen LogP contribution in [0.5, 0.6) is 0 Å². The van der Waals surface area contributed by atoms with Gasteiger partial charge in [0.25, 0.3) is 5.91 Å². The highest BCUT2D eigenvalue weighted by molar-refractivity contribution is 5.97. The van der Waals surface area contributed by atoms with Gasteiger partial charge in [-0.3, -0.25) is 4.79 Å². The quantitative estimate of drug-likeness (QED) is 0.751. The van der Waals surface area contributed by atoms with Gasteiger partial charge in [0, 0.05) is 11.6 Å². The number of nitrogens with one attached hydrogen (secondary N) is 2. The molecule has 3 rings (SSSR count). The topological polar surface area (TPSA) is 90.9 Å². The third-order valence-corrected chi connectivity index (χ3v) is 3.61. The van der Waals surface area contributed by atoms with Crippen LogP contribution in [0.3, 0.4) is 0 Å². The lowest BCUT2D eigenvalue weighted by Crippen LogP contribution is -2.38. The summed E-state index contributed by atoms with van der Waals surface area (Å²) in [5.41, 5.74) is 2.02. The molecule has 100 valence electrons. The predicted octanol–water partition coefficient (Wildman–Crippen LogP) is 0.991. The largest absolute Gasteiger partial charge is 0.393 e. The van der Waals surface area contributed by atoms with E-state index >= 15 is 0 Å². The third kappa shape index (κ3) is 2.58. The lowest BCUT2D eigenvalue weighted by atomic mass is 9.93. The number of hydrogen-bond acceptors (Lipinski definition) is 4. The molecule has 0 saturated heterocycles. The molecule has 19 heavy (non-hydrogen) atoms. The van der Waals surface area contributed by atoms with Crippen molar-refractivity contribution in [1.29, 1.82) is 0 Å². The third-order valence-electron chi connectivity index (χ3n) is 3.61. The summed E-state index contributed by atoms with van der Waals surface area (Å²) in [6, 6.07) is 5.41. The van der Waals surface area contributed by atoms with Gasteiger partial charge in [0.05, 0.1) is 6.10 Å². The molecule has 6 nitrogen and oxygen atoms in total. The summed E-state index contributed by atoms with van der Waals surface area (Å²) < 4.78 is 0. The molecule has 0 bridgehead atoms. The second kappa shape index (κ2) is 4.97. The lowest BCUT2D eigenvalue weighted by Gasteiger charge is -2.26. The first-order valence-electron chi connectivity index (χ1n) is 6.52. The van der Waals surface area contributed by atoms with Crippen LogP contribution in [-0.4, -0.2) is 38.6 Å². The molecule has 1 aromatic carbocycles. The van der Waals surface area contributed by atoms with Gasteiger partial charge in [-0.05, 0) is 43.9 Å². The number of rotatable bonds is 2. The number of aliphatic hydroxyl groups is 1. The Balaban J connectivity index is 1.69. The number of H-pyrrole nitrogens is 1. The second-order valence-corrected chi connectivity index (χ2v) is 5.01. The van der Waals surface area contributed by atoms with Crippen LogP contribution in [0.2, 0.25) is 0 Å². The van der Waals surface area contributed by atoms with E-state index < -0.39 is 0 Å². The maximum Gasteiger partial charge on any atom is 0.251 e. The molecule has 0 atom stereocenters. The monoisotopic (exact) mass is 260 g/mol. The van der Waals surface area contributed by atoms with Gasteiger partial charge in [0.1, 0.15) is 11.0 Å². The van der Waals surface area contributed by atoms with Gasteiger partial charge >= 0.3 is 0 Å². The molecule has 1 heterocycles. The van der Waals surface area contributed by atoms with E-state index in [2.05, 4.69) is 20.7 Å². The van der Waals surface area contributed by atoms with E-state index in [4.69, 9.17) is 0 Å². The van der Waals surface area contributed by atoms with Gasteiger partial charge in [0.15, 0.2) is 0 Å². The van der Waals surface area contributed by atoms with Crippen molar-refractivity contribution >= 4 is 16.9 Å². The Morgan fingerprint density at radius 1 is 1.21 bits per heavy atom. The summed E-state index contributed by atoms with van der Waals surface area (Å²) in [5.74, 6) is -0.0914. The van der Waals surface area contributed by atoms with E-state index in [0.29, 0.717) is 11.1 Å². The summed E-state index contributed by atoms with van der Waals surface area (Å²) in [6.07, 6.45) is 2.97. The average molecular weight is 260 g/mol. The van der Waals surface area contributed by atoms with Crippen LogP contribution in [-0.2, 0) is 0 Å². The molecule has 2 aromatic rings. The maximum absolute atomic E-state index is 12.1. The lowest BCUT2D eigenvalue weighted by molar-refractivity contribution is 0.0868. The highest BCUT2D eigenvalue weighted by atomic mass is 16.3. The molecule has 1 fully saturated rings. The summed E-state index contributed by atoms with van der Waals surface area (Å²) in [7, 11) is 0. The molecular formula is C13H16N4O2. The number of amides is 1. The summed E-state index contributed by atoms with van der Waals surface area (Å²) in [5, 5.41) is 22.9. The smallest absolute Gasteiger partial charge is 0.251 e. The number of aliphatic hydroxyl groups excluding tert-OH is 1. The Morgan fingerprint density at radius 2 is 1.95 bits per heavy atom. The number of carbonyl (C=O) groups is 1. The van der Waals surface area contributed by atoms with Crippen LogP contribution in [0.25, 0.3) is 11.0 Å². The minimum Gasteiger partial charge on any atom is -0.393 e. The van der Waals surface area contributed by atoms with Gasteiger partial charge in [0.2, 0.25) is 0 Å². The molecule has 1 aromatic heterocycles. The van der Waals surface area contributed by atoms with Crippen molar-refractivity contribution in [3.05, 3.63) is 23.8 Å². The highest BCUT2D eigenvalue weighted by Crippen LogP contribution is 2.19. The molecule has 1 amide bonds. The molecule has 0 radical (unpaired) electrons. The number of aromatic nitrogens is 3. The van der Waals surface area contributed by atoms with Crippen molar-refractivity contribution in [1.82, 2.24) is 20.7 Å². The molecule has 3 N–H and O–H groups in total. The van der Waals surface area contributed by atoms with Crippen molar-refractivity contribution in [2.24, 2.45) is 0 Å². The highest BCUT2D eigenvalue weighted by Gasteiger charge is 2.21. The van der Waals surface area contributed by atoms with Crippen molar-refractivity contribution in [3.63, 3.8) is 0 Å². The molecule has 1 aliphatic carbocycles. The molecule has 0 unspecified atom stereocenters. The first-order valence-corrected chi connectivity index (χ1v) is 6.52. The van der Waals surface area contributed by atoms with Gasteiger partial charge in [-0.2, -0.15) is 15.4 Å². The first-order chi connectivity index (χ1) is 9.22. The molecule has 1 aliphatic rings. The number of fused-ring (bicyclic) bond motifs is 1. The normalized spacial score (nSPS) is 23.4. The van der Waals surface area contributed by atoms with Crippen molar-refractivity contribution in [3.8, 4) is 0 Å². The van der Waals surface area contributed by atoms with Crippen LogP contribution in [0, 0.1) is 0 Å². The molecular weight excluding hydrogens is 244 g/mol. The van der Waals surface area contributed by atoms with E-state index in [9.17, 15) is 9.90 Å². The van der Waals surface area contributed by atoms with Gasteiger partial charge in [-0.15, -0.1) is 0 Å². The second-order valence-electron chi connectivity index (χ2n) is 5.01. The van der Waals surface area contributed by atoms with E-state index in [1.807, 2.05) is 0 Å². The zero-order chi connectivity index (χ0) is 13.2. The molecule has 0 aliphatic heterocycles. The fourth-order valence-corrected chi connectivity index (χ4v) is 2.47. The zero-order valence-corrected chi connectivity index (χ0v) is 10.5. The number of benzene rings is 1. The predicted molar refractivity (Wildman–Crippen MR) is 69.6 cm³/mol. The Labute approximate surface area is 110 Å². The van der Waals surface area contributed by atoms with Crippen LogP contribution >= 0.6 is 0 Å². The van der Waals surface area contributed by atoms with Crippen LogP contribution < -0.4 is 5.32 Å². The Hall–Kier alpha value is -1.95.